The number of hydrogen-bond donors (Lipinski definition) is 1. The van der Waals surface area contributed by atoms with Gasteiger partial charge in [0, 0.05) is 9.35 Å². The van der Waals surface area contributed by atoms with Crippen LogP contribution >= 0.6 is 43.2 Å². The normalized spacial score (nSPS) is 12.7. The monoisotopic (exact) mass is 412 g/mol. The molecule has 0 aliphatic carbocycles. The highest BCUT2D eigenvalue weighted by Gasteiger charge is 2.15. The first-order valence-electron chi connectivity index (χ1n) is 5.15. The Morgan fingerprint density at radius 1 is 1.16 bits per heavy atom. The fraction of sp³-hybridized carbons (Fsp3) is 0.167. The van der Waals surface area contributed by atoms with Crippen LogP contribution in [0, 0.1) is 0 Å². The molecule has 1 atom stereocenters. The molecule has 0 aliphatic rings. The van der Waals surface area contributed by atoms with Crippen molar-refractivity contribution in [1.82, 2.24) is 0 Å². The van der Waals surface area contributed by atoms with E-state index < -0.39 is 12.7 Å². The first kappa shape index (κ1) is 14.9. The van der Waals surface area contributed by atoms with E-state index in [-0.39, 0.29) is 5.75 Å². The van der Waals surface area contributed by atoms with Crippen molar-refractivity contribution in [2.75, 3.05) is 0 Å². The van der Waals surface area contributed by atoms with E-state index >= 15 is 0 Å². The van der Waals surface area contributed by atoms with Gasteiger partial charge in [0.05, 0.1) is 3.79 Å². The molecular formula is C12H8Br2F2O2S. The van der Waals surface area contributed by atoms with Crippen LogP contribution in [-0.4, -0.2) is 11.7 Å². The van der Waals surface area contributed by atoms with Gasteiger partial charge in [-0.3, -0.25) is 0 Å². The van der Waals surface area contributed by atoms with Crippen molar-refractivity contribution in [3.63, 3.8) is 0 Å². The quantitative estimate of drug-likeness (QED) is 0.767. The largest absolute Gasteiger partial charge is 0.435 e. The number of ether oxygens (including phenoxy) is 1. The van der Waals surface area contributed by atoms with Crippen molar-refractivity contribution in [3.05, 3.63) is 49.0 Å². The Balaban J connectivity index is 2.17. The molecule has 1 aromatic heterocycles. The second-order valence-electron chi connectivity index (χ2n) is 3.62. The molecule has 0 spiro atoms. The number of benzene rings is 1. The van der Waals surface area contributed by atoms with E-state index in [0.717, 1.165) is 13.1 Å². The topological polar surface area (TPSA) is 29.5 Å². The van der Waals surface area contributed by atoms with Gasteiger partial charge in [0.15, 0.2) is 0 Å². The number of rotatable bonds is 4. The Kier molecular flexibility index (Phi) is 4.94. The minimum absolute atomic E-state index is 0.0690. The Morgan fingerprint density at radius 2 is 1.79 bits per heavy atom. The molecule has 0 saturated carbocycles. The van der Waals surface area contributed by atoms with Gasteiger partial charge in [0.2, 0.25) is 0 Å². The number of thiophene rings is 1. The summed E-state index contributed by atoms with van der Waals surface area (Å²) in [7, 11) is 0. The van der Waals surface area contributed by atoms with Crippen molar-refractivity contribution in [3.8, 4) is 5.75 Å². The van der Waals surface area contributed by atoms with Crippen molar-refractivity contribution in [2.24, 2.45) is 0 Å². The van der Waals surface area contributed by atoms with Crippen molar-refractivity contribution >= 4 is 43.2 Å². The van der Waals surface area contributed by atoms with E-state index in [4.69, 9.17) is 0 Å². The molecule has 0 fully saturated rings. The van der Waals surface area contributed by atoms with Gasteiger partial charge in [-0.05, 0) is 55.6 Å². The van der Waals surface area contributed by atoms with Crippen LogP contribution in [0.1, 0.15) is 16.5 Å². The fourth-order valence-corrected chi connectivity index (χ4v) is 3.60. The molecule has 0 amide bonds. The van der Waals surface area contributed by atoms with Gasteiger partial charge in [-0.2, -0.15) is 8.78 Å². The molecule has 1 aromatic carbocycles. The number of alkyl halides is 2. The van der Waals surface area contributed by atoms with Crippen molar-refractivity contribution in [2.45, 2.75) is 12.7 Å². The van der Waals surface area contributed by atoms with Crippen LogP contribution < -0.4 is 4.74 Å². The summed E-state index contributed by atoms with van der Waals surface area (Å²) in [5, 5.41) is 10.2. The Morgan fingerprint density at radius 3 is 2.26 bits per heavy atom. The lowest BCUT2D eigenvalue weighted by molar-refractivity contribution is -0.0498. The third-order valence-electron chi connectivity index (χ3n) is 2.35. The highest BCUT2D eigenvalue weighted by molar-refractivity contribution is 9.13. The van der Waals surface area contributed by atoms with E-state index in [1.54, 1.807) is 12.1 Å². The molecule has 19 heavy (non-hydrogen) atoms. The molecule has 0 bridgehead atoms. The lowest BCUT2D eigenvalue weighted by Gasteiger charge is -2.10. The number of hydrogen-bond acceptors (Lipinski definition) is 3. The standard InChI is InChI=1S/C12H8Br2F2O2S/c13-8-5-9(19-11(8)14)10(17)6-1-3-7(4-2-6)18-12(15)16/h1-5,10,12,17H. The molecule has 2 nitrogen and oxygen atoms in total. The highest BCUT2D eigenvalue weighted by Crippen LogP contribution is 2.37. The van der Waals surface area contributed by atoms with E-state index in [1.165, 1.54) is 23.5 Å². The summed E-state index contributed by atoms with van der Waals surface area (Å²) in [4.78, 5) is 0.751. The second kappa shape index (κ2) is 6.30. The van der Waals surface area contributed by atoms with Crippen LogP contribution in [0.3, 0.4) is 0 Å². The molecule has 0 radical (unpaired) electrons. The minimum Gasteiger partial charge on any atom is -0.435 e. The average Bonchev–Trinajstić information content (AvgIpc) is 2.69. The predicted molar refractivity (Wildman–Crippen MR) is 76.9 cm³/mol. The summed E-state index contributed by atoms with van der Waals surface area (Å²) < 4.78 is 30.0. The molecule has 2 aromatic rings. The molecule has 7 heteroatoms. The van der Waals surface area contributed by atoms with Gasteiger partial charge in [-0.25, -0.2) is 0 Å². The smallest absolute Gasteiger partial charge is 0.387 e. The third kappa shape index (κ3) is 3.75. The van der Waals surface area contributed by atoms with Gasteiger partial charge in [0.25, 0.3) is 0 Å². The first-order valence-corrected chi connectivity index (χ1v) is 7.55. The van der Waals surface area contributed by atoms with E-state index in [9.17, 15) is 13.9 Å². The molecule has 1 heterocycles. The molecule has 1 unspecified atom stereocenters. The molecule has 0 aliphatic heterocycles. The maximum atomic E-state index is 12.0. The van der Waals surface area contributed by atoms with Crippen LogP contribution in [0.25, 0.3) is 0 Å². The maximum Gasteiger partial charge on any atom is 0.387 e. The van der Waals surface area contributed by atoms with Crippen LogP contribution in [0.15, 0.2) is 38.6 Å². The van der Waals surface area contributed by atoms with Gasteiger partial charge in [0.1, 0.15) is 11.9 Å². The van der Waals surface area contributed by atoms with Crippen LogP contribution in [0.2, 0.25) is 0 Å². The van der Waals surface area contributed by atoms with Gasteiger partial charge in [-0.15, -0.1) is 11.3 Å². The summed E-state index contributed by atoms with van der Waals surface area (Å²) >= 11 is 8.10. The zero-order chi connectivity index (χ0) is 14.0. The molecule has 102 valence electrons. The molecular weight excluding hydrogens is 406 g/mol. The lowest BCUT2D eigenvalue weighted by Crippen LogP contribution is -2.02. The number of aliphatic hydroxyl groups is 1. The third-order valence-corrected chi connectivity index (χ3v) is 5.66. The average molecular weight is 414 g/mol. The molecule has 2 rings (SSSR count). The summed E-state index contributed by atoms with van der Waals surface area (Å²) in [6.45, 7) is -2.85. The first-order chi connectivity index (χ1) is 8.97. The Bertz CT molecular complexity index is 538. The van der Waals surface area contributed by atoms with E-state index in [0.29, 0.717) is 5.56 Å². The summed E-state index contributed by atoms with van der Waals surface area (Å²) in [5.74, 6) is 0.0690. The zero-order valence-electron chi connectivity index (χ0n) is 9.32. The Hall–Kier alpha value is -0.500. The number of aliphatic hydroxyl groups excluding tert-OH is 1. The predicted octanol–water partition coefficient (Wildman–Crippen LogP) is 4.96. The molecule has 1 N–H and O–H groups in total. The summed E-state index contributed by atoms with van der Waals surface area (Å²) in [6.07, 6.45) is -0.798. The van der Waals surface area contributed by atoms with Crippen LogP contribution in [-0.2, 0) is 0 Å². The van der Waals surface area contributed by atoms with E-state index in [1.807, 2.05) is 6.07 Å². The maximum absolute atomic E-state index is 12.0. The van der Waals surface area contributed by atoms with Gasteiger partial charge >= 0.3 is 6.61 Å². The lowest BCUT2D eigenvalue weighted by atomic mass is 10.1. The summed E-state index contributed by atoms with van der Waals surface area (Å²) in [5.41, 5.74) is 0.614. The SMILES string of the molecule is OC(c1ccc(OC(F)F)cc1)c1cc(Br)c(Br)s1. The van der Waals surface area contributed by atoms with Gasteiger partial charge in [-0.1, -0.05) is 12.1 Å². The fourth-order valence-electron chi connectivity index (χ4n) is 1.49. The van der Waals surface area contributed by atoms with Crippen LogP contribution in [0.4, 0.5) is 8.78 Å². The van der Waals surface area contributed by atoms with Gasteiger partial charge < -0.3 is 9.84 Å². The second-order valence-corrected chi connectivity index (χ2v) is 6.88. The van der Waals surface area contributed by atoms with Crippen LogP contribution in [0.5, 0.6) is 5.75 Å². The van der Waals surface area contributed by atoms with Crippen molar-refractivity contribution < 1.29 is 18.6 Å². The summed E-state index contributed by atoms with van der Waals surface area (Å²) in [6, 6.07) is 7.74. The molecule has 0 saturated heterocycles. The zero-order valence-corrected chi connectivity index (χ0v) is 13.3. The highest BCUT2D eigenvalue weighted by atomic mass is 79.9. The number of halogens is 4. The Labute approximate surface area is 129 Å². The van der Waals surface area contributed by atoms with E-state index in [2.05, 4.69) is 36.6 Å². The van der Waals surface area contributed by atoms with Crippen molar-refractivity contribution in [1.29, 1.82) is 0 Å². The minimum atomic E-state index is -2.85.